The number of ether oxygens (including phenoxy) is 4. The van der Waals surface area contributed by atoms with E-state index in [9.17, 15) is 28.8 Å². The van der Waals surface area contributed by atoms with Crippen LogP contribution in [-0.4, -0.2) is 61.9 Å². The monoisotopic (exact) mass is 558 g/mol. The molecule has 40 heavy (non-hydrogen) atoms. The molecule has 0 radical (unpaired) electrons. The molecule has 0 aliphatic heterocycles. The van der Waals surface area contributed by atoms with Gasteiger partial charge in [0.25, 0.3) is 0 Å². The molecule has 0 amide bonds. The number of aliphatic hydroxyl groups excluding tert-OH is 1. The Kier molecular flexibility index (Phi) is 15.8. The second-order valence-electron chi connectivity index (χ2n) is 8.29. The normalized spacial score (nSPS) is 9.90. The van der Waals surface area contributed by atoms with Gasteiger partial charge < -0.3 is 24.1 Å². The minimum Gasteiger partial charge on any atom is -0.469 e. The van der Waals surface area contributed by atoms with Crippen LogP contribution < -0.4 is 0 Å². The predicted octanol–water partition coefficient (Wildman–Crippen LogP) is 3.13. The van der Waals surface area contributed by atoms with E-state index in [0.717, 1.165) is 5.56 Å². The molecule has 0 saturated heterocycles. The Morgan fingerprint density at radius 3 is 1.25 bits per heavy atom. The molecule has 0 spiro atoms. The number of rotatable bonds is 14. The average Bonchev–Trinajstić information content (AvgIpc) is 3.00. The molecule has 0 fully saturated rings. The van der Waals surface area contributed by atoms with Gasteiger partial charge in [-0.3, -0.25) is 28.8 Å². The number of hydrogen-bond donors (Lipinski definition) is 1. The molecule has 0 aliphatic carbocycles. The molecule has 2 aromatic rings. The Bertz CT molecular complexity index is 1140. The van der Waals surface area contributed by atoms with Gasteiger partial charge in [-0.1, -0.05) is 48.5 Å². The van der Waals surface area contributed by atoms with Crippen LogP contribution in [0, 0.1) is 0 Å². The van der Waals surface area contributed by atoms with E-state index in [1.807, 2.05) is 0 Å². The fourth-order valence-electron chi connectivity index (χ4n) is 3.05. The molecule has 0 unspecified atom stereocenters. The number of hydrogen-bond acceptors (Lipinski definition) is 11. The van der Waals surface area contributed by atoms with E-state index in [2.05, 4.69) is 14.2 Å². The van der Waals surface area contributed by atoms with Gasteiger partial charge in [0.05, 0.1) is 53.6 Å². The van der Waals surface area contributed by atoms with Crippen molar-refractivity contribution in [2.75, 3.05) is 21.3 Å². The number of aliphatic hydroxyl groups is 1. The molecule has 0 heterocycles. The van der Waals surface area contributed by atoms with Gasteiger partial charge >= 0.3 is 23.9 Å². The molecule has 0 bridgehead atoms. The van der Waals surface area contributed by atoms with Crippen LogP contribution in [0.2, 0.25) is 0 Å². The molecule has 0 atom stereocenters. The summed E-state index contributed by atoms with van der Waals surface area (Å²) in [6.07, 6.45) is 0.283. The van der Waals surface area contributed by atoms with Crippen molar-refractivity contribution in [2.45, 2.75) is 51.7 Å². The molecular formula is C29H34O11. The molecule has 0 aromatic heterocycles. The lowest BCUT2D eigenvalue weighted by Gasteiger charge is -2.06. The standard InChI is InChI=1S/C17H20O7.C12H14O4/c1-22-15(19)8-7-14(18)13-5-3-12(4-6-13)11-24-17(21)10-9-16(20)23-2;1-16-12(15)7-6-11(14)10-4-2-9(8-13)3-5-10/h3-6H,7-11H2,1-2H3;2-5,13H,6-8H2,1H3. The number of carbonyl (C=O) groups is 6. The van der Waals surface area contributed by atoms with Crippen molar-refractivity contribution in [3.63, 3.8) is 0 Å². The first-order chi connectivity index (χ1) is 19.1. The highest BCUT2D eigenvalue weighted by molar-refractivity contribution is 5.98. The van der Waals surface area contributed by atoms with E-state index in [-0.39, 0.29) is 69.3 Å². The van der Waals surface area contributed by atoms with Crippen LogP contribution in [0.1, 0.15) is 70.4 Å². The predicted molar refractivity (Wildman–Crippen MR) is 141 cm³/mol. The smallest absolute Gasteiger partial charge is 0.306 e. The molecule has 11 nitrogen and oxygen atoms in total. The van der Waals surface area contributed by atoms with Gasteiger partial charge in [0.15, 0.2) is 11.6 Å². The average molecular weight is 559 g/mol. The SMILES string of the molecule is COC(=O)CCC(=O)OCc1ccc(C(=O)CCC(=O)OC)cc1.COC(=O)CCC(=O)c1ccc(CO)cc1. The fraction of sp³-hybridized carbons (Fsp3) is 0.379. The number of benzene rings is 2. The van der Waals surface area contributed by atoms with Crippen molar-refractivity contribution in [1.82, 2.24) is 0 Å². The summed E-state index contributed by atoms with van der Waals surface area (Å²) in [5.74, 6) is -2.06. The van der Waals surface area contributed by atoms with Crippen molar-refractivity contribution in [1.29, 1.82) is 0 Å². The van der Waals surface area contributed by atoms with E-state index >= 15 is 0 Å². The van der Waals surface area contributed by atoms with E-state index in [0.29, 0.717) is 16.7 Å². The zero-order valence-corrected chi connectivity index (χ0v) is 22.8. The summed E-state index contributed by atoms with van der Waals surface area (Å²) in [5, 5.41) is 8.83. The zero-order valence-electron chi connectivity index (χ0n) is 22.8. The van der Waals surface area contributed by atoms with Crippen molar-refractivity contribution >= 4 is 35.4 Å². The minimum atomic E-state index is -0.501. The minimum absolute atomic E-state index is 0.0248. The van der Waals surface area contributed by atoms with Gasteiger partial charge in [-0.2, -0.15) is 0 Å². The second-order valence-corrected chi connectivity index (χ2v) is 8.29. The topological polar surface area (TPSA) is 160 Å². The maximum atomic E-state index is 11.9. The quantitative estimate of drug-likeness (QED) is 0.206. The molecule has 1 N–H and O–H groups in total. The summed E-state index contributed by atoms with van der Waals surface area (Å²) in [4.78, 5) is 67.7. The zero-order chi connectivity index (χ0) is 29.9. The maximum absolute atomic E-state index is 11.9. The number of ketones is 2. The fourth-order valence-corrected chi connectivity index (χ4v) is 3.05. The summed E-state index contributed by atoms with van der Waals surface area (Å²) in [5.41, 5.74) is 2.48. The lowest BCUT2D eigenvalue weighted by atomic mass is 10.0. The highest BCUT2D eigenvalue weighted by Gasteiger charge is 2.11. The third-order valence-electron chi connectivity index (χ3n) is 5.46. The Morgan fingerprint density at radius 2 is 0.875 bits per heavy atom. The van der Waals surface area contributed by atoms with Crippen LogP contribution in [0.4, 0.5) is 0 Å². The molecule has 216 valence electrons. The lowest BCUT2D eigenvalue weighted by molar-refractivity contribution is -0.149. The number of esters is 4. The summed E-state index contributed by atoms with van der Waals surface area (Å²) < 4.78 is 18.4. The molecule has 0 saturated carbocycles. The summed E-state index contributed by atoms with van der Waals surface area (Å²) in [6.45, 7) is 0.00721. The Morgan fingerprint density at radius 1 is 0.525 bits per heavy atom. The summed E-state index contributed by atoms with van der Waals surface area (Å²) in [7, 11) is 3.82. The van der Waals surface area contributed by atoms with E-state index in [1.54, 1.807) is 48.5 Å². The number of methoxy groups -OCH3 is 3. The first-order valence-corrected chi connectivity index (χ1v) is 12.3. The van der Waals surface area contributed by atoms with Crippen LogP contribution in [-0.2, 0) is 51.3 Å². The van der Waals surface area contributed by atoms with Gasteiger partial charge in [-0.25, -0.2) is 0 Å². The maximum Gasteiger partial charge on any atom is 0.306 e. The van der Waals surface area contributed by atoms with E-state index in [4.69, 9.17) is 9.84 Å². The van der Waals surface area contributed by atoms with Gasteiger partial charge in [0.2, 0.25) is 0 Å². The Hall–Kier alpha value is -4.38. The second kappa shape index (κ2) is 18.8. The number of Topliss-reactive ketones (excluding diaryl/α,β-unsaturated/α-hetero) is 2. The molecule has 2 aromatic carbocycles. The van der Waals surface area contributed by atoms with Crippen molar-refractivity contribution < 1.29 is 52.8 Å². The highest BCUT2D eigenvalue weighted by atomic mass is 16.5. The molecule has 0 aliphatic rings. The lowest BCUT2D eigenvalue weighted by Crippen LogP contribution is -2.09. The van der Waals surface area contributed by atoms with Crippen molar-refractivity contribution in [2.24, 2.45) is 0 Å². The van der Waals surface area contributed by atoms with E-state index < -0.39 is 17.9 Å². The molecule has 2 rings (SSSR count). The third-order valence-corrected chi connectivity index (χ3v) is 5.46. The summed E-state index contributed by atoms with van der Waals surface area (Å²) in [6, 6.07) is 13.2. The summed E-state index contributed by atoms with van der Waals surface area (Å²) >= 11 is 0. The largest absolute Gasteiger partial charge is 0.469 e. The van der Waals surface area contributed by atoms with Crippen LogP contribution >= 0.6 is 0 Å². The van der Waals surface area contributed by atoms with Gasteiger partial charge in [-0.15, -0.1) is 0 Å². The van der Waals surface area contributed by atoms with Crippen LogP contribution in [0.15, 0.2) is 48.5 Å². The van der Waals surface area contributed by atoms with E-state index in [1.165, 1.54) is 21.3 Å². The molecule has 11 heteroatoms. The van der Waals surface area contributed by atoms with Gasteiger partial charge in [-0.05, 0) is 11.1 Å². The Balaban J connectivity index is 0.000000433. The highest BCUT2D eigenvalue weighted by Crippen LogP contribution is 2.11. The van der Waals surface area contributed by atoms with Crippen molar-refractivity contribution in [3.8, 4) is 0 Å². The third kappa shape index (κ3) is 13.4. The molecular weight excluding hydrogens is 524 g/mol. The Labute approximate surface area is 232 Å². The van der Waals surface area contributed by atoms with Gasteiger partial charge in [0.1, 0.15) is 6.61 Å². The van der Waals surface area contributed by atoms with Crippen molar-refractivity contribution in [3.05, 3.63) is 70.8 Å². The van der Waals surface area contributed by atoms with Crippen LogP contribution in [0.5, 0.6) is 0 Å². The number of carbonyl (C=O) groups excluding carboxylic acids is 6. The first-order valence-electron chi connectivity index (χ1n) is 12.3. The van der Waals surface area contributed by atoms with Gasteiger partial charge in [0, 0.05) is 24.0 Å². The van der Waals surface area contributed by atoms with Crippen LogP contribution in [0.25, 0.3) is 0 Å². The first kappa shape index (κ1) is 33.6. The van der Waals surface area contributed by atoms with Crippen LogP contribution in [0.3, 0.4) is 0 Å².